The number of carboxylic acid groups (broad SMARTS) is 1. The van der Waals surface area contributed by atoms with Crippen LogP contribution in [0.4, 0.5) is 5.69 Å². The molecule has 1 heterocycles. The number of carboxylic acids is 1. The molecule has 3 aromatic rings. The third-order valence-corrected chi connectivity index (χ3v) is 6.18. The Balaban J connectivity index is 1.39. The van der Waals surface area contributed by atoms with Crippen LogP contribution in [0.5, 0.6) is 11.5 Å². The SMILES string of the molecule is CCOc1cc(/C=N\NC(=O)c2ccc(N3CCCC3)cc2)cc(Cl)c1OCc1ccc(C(=O)O)cc1. The zero-order valence-corrected chi connectivity index (χ0v) is 21.2. The van der Waals surface area contributed by atoms with Gasteiger partial charge in [-0.2, -0.15) is 5.10 Å². The smallest absolute Gasteiger partial charge is 0.335 e. The number of nitrogens with zero attached hydrogens (tertiary/aromatic N) is 2. The van der Waals surface area contributed by atoms with Gasteiger partial charge in [0.2, 0.25) is 0 Å². The summed E-state index contributed by atoms with van der Waals surface area (Å²) >= 11 is 6.47. The molecule has 1 aliphatic rings. The Morgan fingerprint density at radius 1 is 1.03 bits per heavy atom. The minimum Gasteiger partial charge on any atom is -0.490 e. The Morgan fingerprint density at radius 3 is 2.35 bits per heavy atom. The van der Waals surface area contributed by atoms with Crippen LogP contribution in [-0.4, -0.2) is 42.9 Å². The average Bonchev–Trinajstić information content (AvgIpc) is 3.44. The minimum atomic E-state index is -0.988. The first-order chi connectivity index (χ1) is 17.9. The summed E-state index contributed by atoms with van der Waals surface area (Å²) in [5.74, 6) is -0.500. The molecule has 37 heavy (non-hydrogen) atoms. The van der Waals surface area contributed by atoms with Crippen molar-refractivity contribution in [2.75, 3.05) is 24.6 Å². The van der Waals surface area contributed by atoms with Crippen LogP contribution in [0.1, 0.15) is 51.6 Å². The van der Waals surface area contributed by atoms with Crippen LogP contribution in [0.2, 0.25) is 5.02 Å². The van der Waals surface area contributed by atoms with E-state index < -0.39 is 5.97 Å². The topological polar surface area (TPSA) is 100 Å². The maximum Gasteiger partial charge on any atom is 0.335 e. The van der Waals surface area contributed by atoms with Gasteiger partial charge in [0.1, 0.15) is 6.61 Å². The van der Waals surface area contributed by atoms with Crippen LogP contribution < -0.4 is 19.8 Å². The van der Waals surface area contributed by atoms with Crippen molar-refractivity contribution in [3.05, 3.63) is 87.9 Å². The normalized spacial score (nSPS) is 13.1. The van der Waals surface area contributed by atoms with Crippen molar-refractivity contribution >= 4 is 35.4 Å². The molecular weight excluding hydrogens is 494 g/mol. The summed E-state index contributed by atoms with van der Waals surface area (Å²) in [7, 11) is 0. The van der Waals surface area contributed by atoms with E-state index in [1.54, 1.807) is 36.4 Å². The van der Waals surface area contributed by atoms with Crippen molar-refractivity contribution in [2.45, 2.75) is 26.4 Å². The maximum atomic E-state index is 12.5. The number of carbonyl (C=O) groups is 2. The summed E-state index contributed by atoms with van der Waals surface area (Å²) in [5.41, 5.74) is 5.79. The highest BCUT2D eigenvalue weighted by Gasteiger charge is 2.14. The summed E-state index contributed by atoms with van der Waals surface area (Å²) < 4.78 is 11.6. The van der Waals surface area contributed by atoms with Gasteiger partial charge in [0.05, 0.1) is 23.4 Å². The van der Waals surface area contributed by atoms with Crippen molar-refractivity contribution in [1.82, 2.24) is 5.43 Å². The summed E-state index contributed by atoms with van der Waals surface area (Å²) in [6.07, 6.45) is 3.88. The van der Waals surface area contributed by atoms with Crippen molar-refractivity contribution < 1.29 is 24.2 Å². The van der Waals surface area contributed by atoms with Crippen molar-refractivity contribution in [1.29, 1.82) is 0 Å². The van der Waals surface area contributed by atoms with Crippen LogP contribution >= 0.6 is 11.6 Å². The van der Waals surface area contributed by atoms with E-state index in [9.17, 15) is 9.59 Å². The molecule has 1 saturated heterocycles. The summed E-state index contributed by atoms with van der Waals surface area (Å²) in [5, 5.41) is 13.4. The molecule has 8 nitrogen and oxygen atoms in total. The molecule has 3 aromatic carbocycles. The second-order valence-electron chi connectivity index (χ2n) is 8.49. The number of amides is 1. The number of ether oxygens (including phenoxy) is 2. The van der Waals surface area contributed by atoms with E-state index in [2.05, 4.69) is 15.4 Å². The second-order valence-corrected chi connectivity index (χ2v) is 8.90. The number of hydrogen-bond acceptors (Lipinski definition) is 6. The number of anilines is 1. The van der Waals surface area contributed by atoms with Gasteiger partial charge in [-0.25, -0.2) is 10.2 Å². The molecule has 2 N–H and O–H groups in total. The monoisotopic (exact) mass is 521 g/mol. The van der Waals surface area contributed by atoms with Crippen LogP contribution in [0.25, 0.3) is 0 Å². The Morgan fingerprint density at radius 2 is 1.70 bits per heavy atom. The summed E-state index contributed by atoms with van der Waals surface area (Å²) in [6, 6.07) is 17.3. The molecule has 0 radical (unpaired) electrons. The molecule has 1 fully saturated rings. The van der Waals surface area contributed by atoms with Gasteiger partial charge in [-0.05, 0) is 79.4 Å². The van der Waals surface area contributed by atoms with E-state index in [1.807, 2.05) is 19.1 Å². The number of hydrazone groups is 1. The standard InChI is InChI=1S/C28H28ClN3O5/c1-2-36-25-16-20(15-24(29)26(25)37-18-19-5-7-22(8-6-19)28(34)35)17-30-31-27(33)21-9-11-23(12-10-21)32-13-3-4-14-32/h5-12,15-17H,2-4,13-14,18H2,1H3,(H,31,33)(H,34,35)/b30-17-. The highest BCUT2D eigenvalue weighted by Crippen LogP contribution is 2.37. The van der Waals surface area contributed by atoms with E-state index in [1.165, 1.54) is 31.2 Å². The first kappa shape index (κ1) is 26.0. The zero-order chi connectivity index (χ0) is 26.2. The third-order valence-electron chi connectivity index (χ3n) is 5.90. The fraction of sp³-hybridized carbons (Fsp3) is 0.250. The molecule has 0 saturated carbocycles. The Labute approximate surface area is 220 Å². The van der Waals surface area contributed by atoms with Gasteiger partial charge in [-0.15, -0.1) is 0 Å². The molecule has 192 valence electrons. The van der Waals surface area contributed by atoms with Gasteiger partial charge in [0.25, 0.3) is 5.91 Å². The first-order valence-corrected chi connectivity index (χ1v) is 12.4. The van der Waals surface area contributed by atoms with Crippen molar-refractivity contribution in [2.24, 2.45) is 5.10 Å². The second kappa shape index (κ2) is 12.3. The zero-order valence-electron chi connectivity index (χ0n) is 20.4. The van der Waals surface area contributed by atoms with Crippen molar-refractivity contribution in [3.63, 3.8) is 0 Å². The number of benzene rings is 3. The molecule has 1 amide bonds. The third kappa shape index (κ3) is 6.80. The fourth-order valence-corrected chi connectivity index (χ4v) is 4.27. The predicted molar refractivity (Wildman–Crippen MR) is 143 cm³/mol. The quantitative estimate of drug-likeness (QED) is 0.274. The number of halogens is 1. The lowest BCUT2D eigenvalue weighted by molar-refractivity contribution is 0.0696. The molecule has 4 rings (SSSR count). The Hall–Kier alpha value is -4.04. The van der Waals surface area contributed by atoms with Gasteiger partial charge in [-0.1, -0.05) is 23.7 Å². The maximum absolute atomic E-state index is 12.5. The van der Waals surface area contributed by atoms with Gasteiger partial charge in [-0.3, -0.25) is 4.79 Å². The Bertz CT molecular complexity index is 1270. The Kier molecular flexibility index (Phi) is 8.64. The van der Waals surface area contributed by atoms with Crippen LogP contribution in [0, 0.1) is 0 Å². The number of carbonyl (C=O) groups excluding carboxylic acids is 1. The van der Waals surface area contributed by atoms with E-state index in [0.717, 1.165) is 24.3 Å². The molecular formula is C28H28ClN3O5. The average molecular weight is 522 g/mol. The number of nitrogens with one attached hydrogen (secondary N) is 1. The lowest BCUT2D eigenvalue weighted by Crippen LogP contribution is -2.19. The predicted octanol–water partition coefficient (Wildman–Crippen LogP) is 5.38. The number of hydrogen-bond donors (Lipinski definition) is 2. The molecule has 0 spiro atoms. The molecule has 0 aliphatic carbocycles. The summed E-state index contributed by atoms with van der Waals surface area (Å²) in [4.78, 5) is 25.8. The summed E-state index contributed by atoms with van der Waals surface area (Å²) in [6.45, 7) is 4.51. The lowest BCUT2D eigenvalue weighted by atomic mass is 10.1. The molecule has 0 bridgehead atoms. The van der Waals surface area contributed by atoms with Crippen molar-refractivity contribution in [3.8, 4) is 11.5 Å². The molecule has 0 atom stereocenters. The molecule has 0 aromatic heterocycles. The number of rotatable bonds is 10. The van der Waals surface area contributed by atoms with E-state index in [4.69, 9.17) is 26.2 Å². The highest BCUT2D eigenvalue weighted by molar-refractivity contribution is 6.32. The molecule has 0 unspecified atom stereocenters. The van der Waals surface area contributed by atoms with Gasteiger partial charge >= 0.3 is 5.97 Å². The lowest BCUT2D eigenvalue weighted by Gasteiger charge is -2.17. The van der Waals surface area contributed by atoms with E-state index in [0.29, 0.717) is 34.3 Å². The van der Waals surface area contributed by atoms with Gasteiger partial charge in [0, 0.05) is 24.3 Å². The fourth-order valence-electron chi connectivity index (χ4n) is 3.99. The van der Waals surface area contributed by atoms with E-state index >= 15 is 0 Å². The van der Waals surface area contributed by atoms with Gasteiger partial charge < -0.3 is 19.5 Å². The van der Waals surface area contributed by atoms with Crippen LogP contribution in [0.15, 0.2) is 65.8 Å². The van der Waals surface area contributed by atoms with Crippen LogP contribution in [0.3, 0.4) is 0 Å². The van der Waals surface area contributed by atoms with E-state index in [-0.39, 0.29) is 18.1 Å². The molecule has 1 aliphatic heterocycles. The molecule has 9 heteroatoms. The largest absolute Gasteiger partial charge is 0.490 e. The number of aromatic carboxylic acids is 1. The highest BCUT2D eigenvalue weighted by atomic mass is 35.5. The minimum absolute atomic E-state index is 0.180. The first-order valence-electron chi connectivity index (χ1n) is 12.0. The van der Waals surface area contributed by atoms with Crippen LogP contribution in [-0.2, 0) is 6.61 Å². The van der Waals surface area contributed by atoms with Gasteiger partial charge in [0.15, 0.2) is 11.5 Å².